The van der Waals surface area contributed by atoms with Gasteiger partial charge in [0.25, 0.3) is 5.91 Å². The molecule has 0 bridgehead atoms. The number of esters is 2. The van der Waals surface area contributed by atoms with Crippen molar-refractivity contribution in [1.82, 2.24) is 10.8 Å². The van der Waals surface area contributed by atoms with Crippen molar-refractivity contribution in [3.8, 4) is 0 Å². The van der Waals surface area contributed by atoms with Gasteiger partial charge in [0.1, 0.15) is 12.0 Å². The van der Waals surface area contributed by atoms with Crippen molar-refractivity contribution in [1.29, 1.82) is 0 Å². The summed E-state index contributed by atoms with van der Waals surface area (Å²) >= 11 is 0. The van der Waals surface area contributed by atoms with Gasteiger partial charge < -0.3 is 14.8 Å². The molecule has 1 saturated heterocycles. The zero-order valence-corrected chi connectivity index (χ0v) is 13.5. The van der Waals surface area contributed by atoms with Crippen molar-refractivity contribution in [2.45, 2.75) is 19.6 Å². The van der Waals surface area contributed by atoms with Gasteiger partial charge in [-0.3, -0.25) is 14.4 Å². The number of hydroxylamine groups is 1. The van der Waals surface area contributed by atoms with Crippen LogP contribution in [0.2, 0.25) is 0 Å². The molecule has 2 rings (SSSR count). The fourth-order valence-corrected chi connectivity index (χ4v) is 2.10. The number of ether oxygens (including phenoxy) is 2. The maximum atomic E-state index is 12.0. The largest absolute Gasteiger partial charge is 0.463 e. The van der Waals surface area contributed by atoms with E-state index in [1.165, 1.54) is 0 Å². The molecule has 1 aromatic rings. The summed E-state index contributed by atoms with van der Waals surface area (Å²) in [7, 11) is 0. The number of hydrogen-bond donors (Lipinski definition) is 2. The summed E-state index contributed by atoms with van der Waals surface area (Å²) in [6, 6.07) is 7.91. The molecule has 2 amide bonds. The Morgan fingerprint density at radius 2 is 1.88 bits per heavy atom. The van der Waals surface area contributed by atoms with Gasteiger partial charge in [0.2, 0.25) is 5.91 Å². The Hall–Kier alpha value is -2.94. The van der Waals surface area contributed by atoms with Gasteiger partial charge >= 0.3 is 11.9 Å². The SMILES string of the molecule is CCOC(=O)COC(=O)C1NC(=O)C1C(=O)NOCc1ccccc1. The fraction of sp³-hybridized carbons (Fsp3) is 0.375. The standard InChI is InChI=1S/C16H18N2O7/c1-2-23-11(19)9-24-16(22)13-12(14(20)17-13)15(21)18-25-8-10-6-4-3-5-7-10/h3-7,12-13H,2,8-9H2,1H3,(H,17,20)(H,18,21). The number of β-lactam (4-membered cyclic amide) rings is 1. The third-order valence-electron chi connectivity index (χ3n) is 3.34. The van der Waals surface area contributed by atoms with Crippen LogP contribution in [0.5, 0.6) is 0 Å². The average Bonchev–Trinajstić information content (AvgIpc) is 2.58. The lowest BCUT2D eigenvalue weighted by Gasteiger charge is -2.33. The lowest BCUT2D eigenvalue weighted by Crippen LogP contribution is -2.66. The Labute approximate surface area is 143 Å². The van der Waals surface area contributed by atoms with E-state index in [9.17, 15) is 19.2 Å². The maximum absolute atomic E-state index is 12.0. The minimum absolute atomic E-state index is 0.110. The molecule has 2 atom stereocenters. The van der Waals surface area contributed by atoms with Crippen LogP contribution in [0.1, 0.15) is 12.5 Å². The molecule has 9 heteroatoms. The summed E-state index contributed by atoms with van der Waals surface area (Å²) in [5.41, 5.74) is 2.96. The van der Waals surface area contributed by atoms with Crippen molar-refractivity contribution in [2.75, 3.05) is 13.2 Å². The smallest absolute Gasteiger partial charge is 0.344 e. The second-order valence-corrected chi connectivity index (χ2v) is 5.12. The molecule has 1 aliphatic heterocycles. The topological polar surface area (TPSA) is 120 Å². The second-order valence-electron chi connectivity index (χ2n) is 5.12. The van der Waals surface area contributed by atoms with Gasteiger partial charge in [0.05, 0.1) is 13.2 Å². The Kier molecular flexibility index (Phi) is 6.47. The van der Waals surface area contributed by atoms with Gasteiger partial charge in [-0.1, -0.05) is 30.3 Å². The van der Waals surface area contributed by atoms with E-state index in [1.807, 2.05) is 18.2 Å². The van der Waals surface area contributed by atoms with Crippen LogP contribution >= 0.6 is 0 Å². The third kappa shape index (κ3) is 5.01. The predicted molar refractivity (Wildman–Crippen MR) is 82.4 cm³/mol. The molecule has 1 aliphatic rings. The molecule has 0 aliphatic carbocycles. The molecule has 1 aromatic carbocycles. The molecule has 9 nitrogen and oxygen atoms in total. The molecule has 0 aromatic heterocycles. The van der Waals surface area contributed by atoms with Gasteiger partial charge in [-0.05, 0) is 12.5 Å². The Bertz CT molecular complexity index is 647. The molecule has 25 heavy (non-hydrogen) atoms. The number of carbonyl (C=O) groups excluding carboxylic acids is 4. The average molecular weight is 350 g/mol. The molecule has 1 heterocycles. The minimum atomic E-state index is -1.27. The molecule has 0 radical (unpaired) electrons. The molecular weight excluding hydrogens is 332 g/mol. The number of nitrogens with one attached hydrogen (secondary N) is 2. The molecular formula is C16H18N2O7. The van der Waals surface area contributed by atoms with Crippen LogP contribution in [0.25, 0.3) is 0 Å². The fourth-order valence-electron chi connectivity index (χ4n) is 2.10. The van der Waals surface area contributed by atoms with E-state index in [-0.39, 0.29) is 13.2 Å². The second kappa shape index (κ2) is 8.78. The number of benzene rings is 1. The van der Waals surface area contributed by atoms with E-state index in [1.54, 1.807) is 19.1 Å². The first kappa shape index (κ1) is 18.4. The summed E-state index contributed by atoms with van der Waals surface area (Å²) in [4.78, 5) is 51.5. The minimum Gasteiger partial charge on any atom is -0.463 e. The molecule has 2 unspecified atom stereocenters. The summed E-state index contributed by atoms with van der Waals surface area (Å²) in [6.45, 7) is 1.29. The summed E-state index contributed by atoms with van der Waals surface area (Å²) in [5, 5.41) is 2.26. The van der Waals surface area contributed by atoms with Crippen molar-refractivity contribution < 1.29 is 33.5 Å². The number of carbonyl (C=O) groups is 4. The highest BCUT2D eigenvalue weighted by Crippen LogP contribution is 2.17. The van der Waals surface area contributed by atoms with E-state index < -0.39 is 42.3 Å². The molecule has 134 valence electrons. The van der Waals surface area contributed by atoms with Crippen molar-refractivity contribution in [2.24, 2.45) is 5.92 Å². The van der Waals surface area contributed by atoms with Crippen LogP contribution in [0, 0.1) is 5.92 Å². The van der Waals surface area contributed by atoms with E-state index in [0.717, 1.165) is 5.56 Å². The van der Waals surface area contributed by atoms with Gasteiger partial charge in [-0.2, -0.15) is 0 Å². The zero-order valence-electron chi connectivity index (χ0n) is 13.5. The first-order valence-corrected chi connectivity index (χ1v) is 7.61. The van der Waals surface area contributed by atoms with Gasteiger partial charge in [-0.25, -0.2) is 15.1 Å². The van der Waals surface area contributed by atoms with Gasteiger partial charge in [0.15, 0.2) is 6.61 Å². The van der Waals surface area contributed by atoms with E-state index in [0.29, 0.717) is 0 Å². The van der Waals surface area contributed by atoms with Crippen LogP contribution in [0.3, 0.4) is 0 Å². The predicted octanol–water partition coefficient (Wildman–Crippen LogP) is -0.545. The van der Waals surface area contributed by atoms with Crippen molar-refractivity contribution in [3.63, 3.8) is 0 Å². The first-order chi connectivity index (χ1) is 12.0. The summed E-state index contributed by atoms with van der Waals surface area (Å²) in [6.07, 6.45) is 0. The number of hydrogen-bond acceptors (Lipinski definition) is 7. The van der Waals surface area contributed by atoms with E-state index >= 15 is 0 Å². The number of amides is 2. The Morgan fingerprint density at radius 1 is 1.16 bits per heavy atom. The van der Waals surface area contributed by atoms with Crippen LogP contribution in [-0.2, 0) is 40.1 Å². The lowest BCUT2D eigenvalue weighted by molar-refractivity contribution is -0.168. The van der Waals surface area contributed by atoms with E-state index in [4.69, 9.17) is 9.57 Å². The number of rotatable bonds is 8. The summed E-state index contributed by atoms with van der Waals surface area (Å²) in [5.74, 6) is -4.27. The lowest BCUT2D eigenvalue weighted by atomic mass is 9.90. The van der Waals surface area contributed by atoms with Crippen LogP contribution in [0.4, 0.5) is 0 Å². The summed E-state index contributed by atoms with van der Waals surface area (Å²) < 4.78 is 9.33. The molecule has 0 saturated carbocycles. The monoisotopic (exact) mass is 350 g/mol. The highest BCUT2D eigenvalue weighted by molar-refractivity contribution is 6.11. The van der Waals surface area contributed by atoms with Crippen LogP contribution < -0.4 is 10.8 Å². The van der Waals surface area contributed by atoms with E-state index in [2.05, 4.69) is 15.5 Å². The highest BCUT2D eigenvalue weighted by Gasteiger charge is 2.50. The Balaban J connectivity index is 1.78. The molecule has 2 N–H and O–H groups in total. The van der Waals surface area contributed by atoms with Crippen LogP contribution in [0.15, 0.2) is 30.3 Å². The van der Waals surface area contributed by atoms with Gasteiger partial charge in [-0.15, -0.1) is 0 Å². The quantitative estimate of drug-likeness (QED) is 0.279. The molecule has 1 fully saturated rings. The van der Waals surface area contributed by atoms with Crippen molar-refractivity contribution in [3.05, 3.63) is 35.9 Å². The maximum Gasteiger partial charge on any atom is 0.344 e. The van der Waals surface area contributed by atoms with Crippen LogP contribution in [-0.4, -0.2) is 43.0 Å². The Morgan fingerprint density at radius 3 is 2.52 bits per heavy atom. The van der Waals surface area contributed by atoms with Gasteiger partial charge in [0, 0.05) is 0 Å². The molecule has 0 spiro atoms. The first-order valence-electron chi connectivity index (χ1n) is 7.61. The third-order valence-corrected chi connectivity index (χ3v) is 3.34. The highest BCUT2D eigenvalue weighted by atomic mass is 16.7. The normalized spacial score (nSPS) is 18.5. The van der Waals surface area contributed by atoms with Crippen molar-refractivity contribution >= 4 is 23.8 Å². The zero-order chi connectivity index (χ0) is 18.2.